The number of rotatable bonds is 4. The summed E-state index contributed by atoms with van der Waals surface area (Å²) in [4.78, 5) is 2.61. The van der Waals surface area contributed by atoms with E-state index in [1.54, 1.807) is 0 Å². The maximum absolute atomic E-state index is 3.77. The SMILES string of the molecule is CCc1ccc(CNC2CN3CCC2CC3)cc1.Cl.Cl. The highest BCUT2D eigenvalue weighted by molar-refractivity contribution is 5.85. The van der Waals surface area contributed by atoms with Gasteiger partial charge < -0.3 is 10.2 Å². The maximum Gasteiger partial charge on any atom is 0.0227 e. The Bertz CT molecular complexity index is 386. The molecule has 1 aromatic rings. The van der Waals surface area contributed by atoms with Crippen LogP contribution in [0.15, 0.2) is 24.3 Å². The fourth-order valence-electron chi connectivity index (χ4n) is 3.34. The monoisotopic (exact) mass is 316 g/mol. The topological polar surface area (TPSA) is 15.3 Å². The zero-order chi connectivity index (χ0) is 12.4. The van der Waals surface area contributed by atoms with Crippen LogP contribution in [0.1, 0.15) is 30.9 Å². The molecule has 1 unspecified atom stereocenters. The number of hydrogen-bond donors (Lipinski definition) is 1. The summed E-state index contributed by atoms with van der Waals surface area (Å²) in [5.74, 6) is 0.921. The fourth-order valence-corrected chi connectivity index (χ4v) is 3.34. The summed E-state index contributed by atoms with van der Waals surface area (Å²) in [5, 5.41) is 3.77. The van der Waals surface area contributed by atoms with Gasteiger partial charge in [0, 0.05) is 19.1 Å². The number of fused-ring (bicyclic) bond motifs is 3. The summed E-state index contributed by atoms with van der Waals surface area (Å²) >= 11 is 0. The van der Waals surface area contributed by atoms with Crippen LogP contribution in [0.4, 0.5) is 0 Å². The summed E-state index contributed by atoms with van der Waals surface area (Å²) in [5.41, 5.74) is 2.85. The fraction of sp³-hybridized carbons (Fsp3) is 0.625. The molecule has 0 aromatic heterocycles. The van der Waals surface area contributed by atoms with Gasteiger partial charge in [-0.25, -0.2) is 0 Å². The largest absolute Gasteiger partial charge is 0.308 e. The number of halogens is 2. The van der Waals surface area contributed by atoms with Gasteiger partial charge in [0.1, 0.15) is 0 Å². The van der Waals surface area contributed by atoms with Crippen LogP contribution in [-0.2, 0) is 13.0 Å². The average molecular weight is 317 g/mol. The van der Waals surface area contributed by atoms with Gasteiger partial charge in [0.15, 0.2) is 0 Å². The molecule has 4 heteroatoms. The molecule has 2 nitrogen and oxygen atoms in total. The molecule has 0 aliphatic carbocycles. The van der Waals surface area contributed by atoms with Crippen molar-refractivity contribution in [1.29, 1.82) is 0 Å². The van der Waals surface area contributed by atoms with Gasteiger partial charge in [-0.1, -0.05) is 31.2 Å². The van der Waals surface area contributed by atoms with E-state index in [1.165, 1.54) is 43.6 Å². The molecule has 0 spiro atoms. The Morgan fingerprint density at radius 3 is 2.15 bits per heavy atom. The van der Waals surface area contributed by atoms with Crippen LogP contribution in [0.25, 0.3) is 0 Å². The minimum absolute atomic E-state index is 0. The Hall–Kier alpha value is -0.280. The third kappa shape index (κ3) is 4.11. The van der Waals surface area contributed by atoms with Gasteiger partial charge in [0.05, 0.1) is 0 Å². The first-order chi connectivity index (χ1) is 8.85. The average Bonchev–Trinajstić information content (AvgIpc) is 2.47. The molecule has 20 heavy (non-hydrogen) atoms. The molecular weight excluding hydrogens is 291 g/mol. The van der Waals surface area contributed by atoms with E-state index in [2.05, 4.69) is 41.4 Å². The van der Waals surface area contributed by atoms with Crippen LogP contribution in [0.2, 0.25) is 0 Å². The Morgan fingerprint density at radius 2 is 1.65 bits per heavy atom. The number of nitrogens with one attached hydrogen (secondary N) is 1. The molecule has 1 aromatic carbocycles. The second-order valence-electron chi connectivity index (χ2n) is 5.80. The van der Waals surface area contributed by atoms with Gasteiger partial charge in [0.2, 0.25) is 0 Å². The minimum atomic E-state index is 0. The van der Waals surface area contributed by atoms with Gasteiger partial charge in [-0.2, -0.15) is 0 Å². The molecule has 3 aliphatic heterocycles. The van der Waals surface area contributed by atoms with Gasteiger partial charge >= 0.3 is 0 Å². The van der Waals surface area contributed by atoms with E-state index < -0.39 is 0 Å². The van der Waals surface area contributed by atoms with Crippen LogP contribution in [0, 0.1) is 5.92 Å². The van der Waals surface area contributed by atoms with Crippen LogP contribution >= 0.6 is 24.8 Å². The first kappa shape index (κ1) is 17.8. The number of benzene rings is 1. The van der Waals surface area contributed by atoms with Crippen molar-refractivity contribution in [2.24, 2.45) is 5.92 Å². The molecule has 3 heterocycles. The summed E-state index contributed by atoms with van der Waals surface area (Å²) in [6.45, 7) is 7.15. The number of aryl methyl sites for hydroxylation is 1. The smallest absolute Gasteiger partial charge is 0.0227 e. The predicted molar refractivity (Wildman–Crippen MR) is 90.1 cm³/mol. The van der Waals surface area contributed by atoms with Gasteiger partial charge in [-0.15, -0.1) is 24.8 Å². The summed E-state index contributed by atoms with van der Waals surface area (Å²) in [6.07, 6.45) is 3.92. The van der Waals surface area contributed by atoms with E-state index >= 15 is 0 Å². The van der Waals surface area contributed by atoms with E-state index in [1.807, 2.05) is 0 Å². The van der Waals surface area contributed by atoms with E-state index in [-0.39, 0.29) is 24.8 Å². The molecule has 3 saturated heterocycles. The van der Waals surface area contributed by atoms with Gasteiger partial charge in [-0.3, -0.25) is 0 Å². The molecule has 3 aliphatic rings. The first-order valence-corrected chi connectivity index (χ1v) is 7.38. The molecule has 0 amide bonds. The molecule has 114 valence electrons. The molecule has 1 atom stereocenters. The van der Waals surface area contributed by atoms with Crippen LogP contribution < -0.4 is 5.32 Å². The minimum Gasteiger partial charge on any atom is -0.308 e. The molecule has 0 radical (unpaired) electrons. The van der Waals surface area contributed by atoms with Gasteiger partial charge in [0.25, 0.3) is 0 Å². The van der Waals surface area contributed by atoms with Crippen molar-refractivity contribution in [3.8, 4) is 0 Å². The lowest BCUT2D eigenvalue weighted by molar-refractivity contribution is 0.0720. The van der Waals surface area contributed by atoms with Crippen molar-refractivity contribution < 1.29 is 0 Å². The number of hydrogen-bond acceptors (Lipinski definition) is 2. The van der Waals surface area contributed by atoms with E-state index in [0.29, 0.717) is 0 Å². The van der Waals surface area contributed by atoms with Crippen molar-refractivity contribution in [2.45, 2.75) is 38.8 Å². The second-order valence-corrected chi connectivity index (χ2v) is 5.80. The molecule has 1 N–H and O–H groups in total. The lowest BCUT2D eigenvalue weighted by Gasteiger charge is -2.45. The summed E-state index contributed by atoms with van der Waals surface area (Å²) in [6, 6.07) is 9.78. The highest BCUT2D eigenvalue weighted by Gasteiger charge is 2.33. The normalized spacial score (nSPS) is 27.6. The Labute approximate surface area is 135 Å². The first-order valence-electron chi connectivity index (χ1n) is 7.38. The van der Waals surface area contributed by atoms with Crippen molar-refractivity contribution in [1.82, 2.24) is 10.2 Å². The maximum atomic E-state index is 3.77. The van der Waals surface area contributed by atoms with Crippen molar-refractivity contribution in [3.05, 3.63) is 35.4 Å². The zero-order valence-corrected chi connectivity index (χ0v) is 13.8. The number of nitrogens with zero attached hydrogens (tertiary/aromatic N) is 1. The lowest BCUT2D eigenvalue weighted by Crippen LogP contribution is -2.55. The molecule has 4 rings (SSSR count). The quantitative estimate of drug-likeness (QED) is 0.917. The third-order valence-electron chi connectivity index (χ3n) is 4.66. The third-order valence-corrected chi connectivity index (χ3v) is 4.66. The Balaban J connectivity index is 0.000001000. The summed E-state index contributed by atoms with van der Waals surface area (Å²) in [7, 11) is 0. The van der Waals surface area contributed by atoms with E-state index in [9.17, 15) is 0 Å². The second kappa shape index (κ2) is 8.23. The summed E-state index contributed by atoms with van der Waals surface area (Å²) < 4.78 is 0. The van der Waals surface area contributed by atoms with Crippen molar-refractivity contribution in [3.63, 3.8) is 0 Å². The lowest BCUT2D eigenvalue weighted by atomic mass is 9.84. The standard InChI is InChI=1S/C16H24N2.2ClH/c1-2-13-3-5-14(6-4-13)11-17-16-12-18-9-7-15(16)8-10-18;;/h3-6,15-17H,2,7-12H2,1H3;2*1H. The van der Waals surface area contributed by atoms with E-state index in [0.717, 1.165) is 24.9 Å². The predicted octanol–water partition coefficient (Wildman–Crippen LogP) is 3.28. The highest BCUT2D eigenvalue weighted by atomic mass is 35.5. The molecule has 3 fully saturated rings. The van der Waals surface area contributed by atoms with E-state index in [4.69, 9.17) is 0 Å². The van der Waals surface area contributed by atoms with Crippen LogP contribution in [0.5, 0.6) is 0 Å². The molecular formula is C16H26Cl2N2. The van der Waals surface area contributed by atoms with Crippen LogP contribution in [0.3, 0.4) is 0 Å². The van der Waals surface area contributed by atoms with Crippen molar-refractivity contribution >= 4 is 24.8 Å². The molecule has 0 saturated carbocycles. The highest BCUT2D eigenvalue weighted by Crippen LogP contribution is 2.27. The Morgan fingerprint density at radius 1 is 1.05 bits per heavy atom. The Kier molecular flexibility index (Phi) is 7.32. The van der Waals surface area contributed by atoms with Crippen LogP contribution in [-0.4, -0.2) is 30.6 Å². The number of piperidine rings is 3. The van der Waals surface area contributed by atoms with Gasteiger partial charge in [-0.05, 0) is 49.4 Å². The molecule has 2 bridgehead atoms. The van der Waals surface area contributed by atoms with Crippen molar-refractivity contribution in [2.75, 3.05) is 19.6 Å². The zero-order valence-electron chi connectivity index (χ0n) is 12.2.